The first-order valence-electron chi connectivity index (χ1n) is 4.25. The number of fused-ring (bicyclic) bond motifs is 1. The molecule has 68 valence electrons. The Morgan fingerprint density at radius 2 is 2.15 bits per heavy atom. The lowest BCUT2D eigenvalue weighted by Crippen LogP contribution is -2.17. The SMILES string of the molecule is Cc1cc2c(cc1Cl)NC(=S)CC2. The Morgan fingerprint density at radius 1 is 1.38 bits per heavy atom. The van der Waals surface area contributed by atoms with Crippen LogP contribution in [0.1, 0.15) is 17.5 Å². The fourth-order valence-corrected chi connectivity index (χ4v) is 1.90. The Balaban J connectivity index is 2.49. The maximum absolute atomic E-state index is 6.01. The summed E-state index contributed by atoms with van der Waals surface area (Å²) in [4.78, 5) is 0.910. The Bertz CT molecular complexity index is 373. The molecule has 3 heteroatoms. The van der Waals surface area contributed by atoms with Crippen molar-refractivity contribution in [2.75, 3.05) is 5.32 Å². The number of rotatable bonds is 0. The molecular weight excluding hydrogens is 202 g/mol. The molecule has 0 atom stereocenters. The molecule has 0 unspecified atom stereocenters. The minimum absolute atomic E-state index is 0.802. The van der Waals surface area contributed by atoms with Crippen LogP contribution in [0.5, 0.6) is 0 Å². The Labute approximate surface area is 88.1 Å². The molecule has 0 saturated heterocycles. The van der Waals surface area contributed by atoms with Gasteiger partial charge in [0.05, 0.1) is 4.99 Å². The summed E-state index contributed by atoms with van der Waals surface area (Å²) in [6.45, 7) is 2.02. The smallest absolute Gasteiger partial charge is 0.0800 e. The highest BCUT2D eigenvalue weighted by atomic mass is 35.5. The first-order chi connectivity index (χ1) is 6.16. The number of benzene rings is 1. The molecule has 0 spiro atoms. The highest BCUT2D eigenvalue weighted by molar-refractivity contribution is 7.80. The molecule has 1 N–H and O–H groups in total. The summed E-state index contributed by atoms with van der Waals surface area (Å²) in [5, 5.41) is 3.98. The first kappa shape index (κ1) is 8.97. The molecule has 1 nitrogen and oxygen atoms in total. The molecule has 0 radical (unpaired) electrons. The molecular formula is C10H10ClNS. The van der Waals surface area contributed by atoms with Gasteiger partial charge in [0.25, 0.3) is 0 Å². The van der Waals surface area contributed by atoms with Crippen molar-refractivity contribution in [1.82, 2.24) is 0 Å². The van der Waals surface area contributed by atoms with E-state index in [0.29, 0.717) is 0 Å². The number of hydrogen-bond donors (Lipinski definition) is 1. The van der Waals surface area contributed by atoms with Gasteiger partial charge in [0.2, 0.25) is 0 Å². The number of aryl methyl sites for hydroxylation is 2. The molecule has 0 bridgehead atoms. The molecule has 0 aliphatic carbocycles. The van der Waals surface area contributed by atoms with E-state index < -0.39 is 0 Å². The van der Waals surface area contributed by atoms with Crippen molar-refractivity contribution in [2.24, 2.45) is 0 Å². The van der Waals surface area contributed by atoms with Gasteiger partial charge in [0.1, 0.15) is 0 Å². The molecule has 0 fully saturated rings. The van der Waals surface area contributed by atoms with E-state index in [1.54, 1.807) is 0 Å². The predicted molar refractivity (Wildman–Crippen MR) is 60.7 cm³/mol. The zero-order valence-corrected chi connectivity index (χ0v) is 8.93. The van der Waals surface area contributed by atoms with Crippen molar-refractivity contribution >= 4 is 34.5 Å². The minimum atomic E-state index is 0.802. The normalized spacial score (nSPS) is 15.1. The van der Waals surface area contributed by atoms with Gasteiger partial charge in [-0.2, -0.15) is 0 Å². The van der Waals surface area contributed by atoms with Crippen LogP contribution in [0.2, 0.25) is 5.02 Å². The van der Waals surface area contributed by atoms with Crippen molar-refractivity contribution in [1.29, 1.82) is 0 Å². The highest BCUT2D eigenvalue weighted by Crippen LogP contribution is 2.28. The number of thiocarbonyl (C=S) groups is 1. The third-order valence-electron chi connectivity index (χ3n) is 2.28. The zero-order valence-electron chi connectivity index (χ0n) is 7.36. The van der Waals surface area contributed by atoms with E-state index in [4.69, 9.17) is 23.8 Å². The molecule has 0 amide bonds. The quantitative estimate of drug-likeness (QED) is 0.661. The molecule has 0 aromatic heterocycles. The van der Waals surface area contributed by atoms with Crippen LogP contribution in [0.3, 0.4) is 0 Å². The predicted octanol–water partition coefficient (Wildman–Crippen LogP) is 3.33. The van der Waals surface area contributed by atoms with Crippen LogP contribution in [0.15, 0.2) is 12.1 Å². The summed E-state index contributed by atoms with van der Waals surface area (Å²) in [7, 11) is 0. The van der Waals surface area contributed by atoms with Gasteiger partial charge in [-0.3, -0.25) is 0 Å². The Morgan fingerprint density at radius 3 is 2.92 bits per heavy atom. The molecule has 1 aromatic carbocycles. The standard InChI is InChI=1S/C10H10ClNS/c1-6-4-7-2-3-10(13)12-9(7)5-8(6)11/h4-5H,2-3H2,1H3,(H,12,13). The number of hydrogen-bond acceptors (Lipinski definition) is 1. The van der Waals surface area contributed by atoms with Crippen LogP contribution in [-0.2, 0) is 6.42 Å². The van der Waals surface area contributed by atoms with Crippen LogP contribution in [0.25, 0.3) is 0 Å². The summed E-state index contributed by atoms with van der Waals surface area (Å²) in [5.41, 5.74) is 3.53. The van der Waals surface area contributed by atoms with Gasteiger partial charge >= 0.3 is 0 Å². The van der Waals surface area contributed by atoms with E-state index in [0.717, 1.165) is 34.1 Å². The van der Waals surface area contributed by atoms with Crippen LogP contribution in [0, 0.1) is 6.92 Å². The summed E-state index contributed by atoms with van der Waals surface area (Å²) in [6, 6.07) is 4.09. The van der Waals surface area contributed by atoms with E-state index in [2.05, 4.69) is 11.4 Å². The van der Waals surface area contributed by atoms with Crippen molar-refractivity contribution < 1.29 is 0 Å². The second-order valence-electron chi connectivity index (χ2n) is 3.31. The van der Waals surface area contributed by atoms with E-state index in [9.17, 15) is 0 Å². The van der Waals surface area contributed by atoms with Gasteiger partial charge in [-0.25, -0.2) is 0 Å². The van der Waals surface area contributed by atoms with Crippen LogP contribution in [0.4, 0.5) is 5.69 Å². The summed E-state index contributed by atoms with van der Waals surface area (Å²) >= 11 is 11.1. The van der Waals surface area contributed by atoms with Crippen LogP contribution < -0.4 is 5.32 Å². The maximum atomic E-state index is 6.01. The number of halogens is 1. The molecule has 0 saturated carbocycles. The van der Waals surface area contributed by atoms with E-state index >= 15 is 0 Å². The molecule has 1 aliphatic heterocycles. The van der Waals surface area contributed by atoms with Gasteiger partial charge in [0.15, 0.2) is 0 Å². The molecule has 1 aromatic rings. The third-order valence-corrected chi connectivity index (χ3v) is 2.99. The molecule has 13 heavy (non-hydrogen) atoms. The first-order valence-corrected chi connectivity index (χ1v) is 5.04. The van der Waals surface area contributed by atoms with Crippen molar-refractivity contribution in [3.05, 3.63) is 28.3 Å². The van der Waals surface area contributed by atoms with E-state index in [1.165, 1.54) is 5.56 Å². The largest absolute Gasteiger partial charge is 0.350 e. The number of nitrogens with one attached hydrogen (secondary N) is 1. The molecule has 1 aliphatic rings. The lowest BCUT2D eigenvalue weighted by atomic mass is 10.0. The molecule has 2 rings (SSSR count). The lowest BCUT2D eigenvalue weighted by Gasteiger charge is -2.19. The maximum Gasteiger partial charge on any atom is 0.0800 e. The second-order valence-corrected chi connectivity index (χ2v) is 4.21. The van der Waals surface area contributed by atoms with Crippen molar-refractivity contribution in [2.45, 2.75) is 19.8 Å². The topological polar surface area (TPSA) is 12.0 Å². The van der Waals surface area contributed by atoms with E-state index in [1.807, 2.05) is 13.0 Å². The summed E-state index contributed by atoms with van der Waals surface area (Å²) in [5.74, 6) is 0. The van der Waals surface area contributed by atoms with Gasteiger partial charge in [0, 0.05) is 17.1 Å². The van der Waals surface area contributed by atoms with Crippen LogP contribution in [-0.4, -0.2) is 4.99 Å². The molecule has 1 heterocycles. The lowest BCUT2D eigenvalue weighted by molar-refractivity contribution is 1.02. The van der Waals surface area contributed by atoms with Crippen molar-refractivity contribution in [3.8, 4) is 0 Å². The van der Waals surface area contributed by atoms with Gasteiger partial charge in [-0.05, 0) is 30.5 Å². The Hall–Kier alpha value is -0.600. The van der Waals surface area contributed by atoms with Gasteiger partial charge in [-0.1, -0.05) is 29.9 Å². The monoisotopic (exact) mass is 211 g/mol. The van der Waals surface area contributed by atoms with Gasteiger partial charge in [-0.15, -0.1) is 0 Å². The third kappa shape index (κ3) is 1.69. The minimum Gasteiger partial charge on any atom is -0.350 e. The Kier molecular flexibility index (Phi) is 2.26. The number of anilines is 1. The second kappa shape index (κ2) is 3.28. The fourth-order valence-electron chi connectivity index (χ4n) is 1.53. The zero-order chi connectivity index (χ0) is 9.42. The average Bonchev–Trinajstić information content (AvgIpc) is 2.08. The summed E-state index contributed by atoms with van der Waals surface area (Å²) < 4.78 is 0. The van der Waals surface area contributed by atoms with Crippen LogP contribution >= 0.6 is 23.8 Å². The average molecular weight is 212 g/mol. The highest BCUT2D eigenvalue weighted by Gasteiger charge is 2.13. The van der Waals surface area contributed by atoms with E-state index in [-0.39, 0.29) is 0 Å². The summed E-state index contributed by atoms with van der Waals surface area (Å²) in [6.07, 6.45) is 1.97. The fraction of sp³-hybridized carbons (Fsp3) is 0.300. The van der Waals surface area contributed by atoms with Crippen molar-refractivity contribution in [3.63, 3.8) is 0 Å². The van der Waals surface area contributed by atoms with Gasteiger partial charge < -0.3 is 5.32 Å².